The molecule has 3 rings (SSSR count). The van der Waals surface area contributed by atoms with Crippen molar-refractivity contribution in [3.8, 4) is 0 Å². The van der Waals surface area contributed by atoms with Gasteiger partial charge < -0.3 is 9.90 Å². The van der Waals surface area contributed by atoms with E-state index in [0.717, 1.165) is 32.0 Å². The van der Waals surface area contributed by atoms with Crippen LogP contribution in [0.25, 0.3) is 0 Å². The molecular formula is C10H14O3. The largest absolute Gasteiger partial charge is 0.481 e. The molecule has 1 N–H and O–H groups in total. The number of aldehydes is 1. The maximum absolute atomic E-state index is 11.1. The second-order valence-corrected chi connectivity index (χ2v) is 4.43. The van der Waals surface area contributed by atoms with Gasteiger partial charge in [-0.15, -0.1) is 0 Å². The third kappa shape index (κ3) is 1.18. The number of carboxylic acid groups (broad SMARTS) is 1. The van der Waals surface area contributed by atoms with E-state index in [0.29, 0.717) is 12.3 Å². The van der Waals surface area contributed by atoms with Gasteiger partial charge in [-0.05, 0) is 38.0 Å². The van der Waals surface area contributed by atoms with Gasteiger partial charge in [0.25, 0.3) is 0 Å². The number of carboxylic acids is 1. The number of rotatable bonds is 2. The molecule has 1 unspecified atom stereocenters. The van der Waals surface area contributed by atoms with E-state index in [-0.39, 0.29) is 5.92 Å². The Kier molecular flexibility index (Phi) is 1.90. The van der Waals surface area contributed by atoms with E-state index in [1.165, 1.54) is 0 Å². The maximum Gasteiger partial charge on any atom is 0.309 e. The summed E-state index contributed by atoms with van der Waals surface area (Å²) >= 11 is 0. The van der Waals surface area contributed by atoms with Crippen molar-refractivity contribution in [2.24, 2.45) is 17.3 Å². The van der Waals surface area contributed by atoms with Crippen LogP contribution < -0.4 is 0 Å². The molecule has 3 nitrogen and oxygen atoms in total. The molecular weight excluding hydrogens is 168 g/mol. The molecule has 13 heavy (non-hydrogen) atoms. The van der Waals surface area contributed by atoms with Crippen LogP contribution in [-0.4, -0.2) is 17.4 Å². The van der Waals surface area contributed by atoms with Crippen LogP contribution in [0.1, 0.15) is 32.1 Å². The molecule has 1 atom stereocenters. The summed E-state index contributed by atoms with van der Waals surface area (Å²) < 4.78 is 0. The lowest BCUT2D eigenvalue weighted by molar-refractivity contribution is -0.158. The summed E-state index contributed by atoms with van der Waals surface area (Å²) in [6.45, 7) is 0. The predicted octanol–water partition coefficient (Wildman–Crippen LogP) is 1.47. The first-order chi connectivity index (χ1) is 6.18. The molecule has 0 aliphatic heterocycles. The molecule has 3 aliphatic rings. The van der Waals surface area contributed by atoms with Gasteiger partial charge in [-0.3, -0.25) is 4.79 Å². The van der Waals surface area contributed by atoms with Crippen LogP contribution in [-0.2, 0) is 9.59 Å². The third-order valence-corrected chi connectivity index (χ3v) is 3.85. The van der Waals surface area contributed by atoms with Crippen LogP contribution in [0.5, 0.6) is 0 Å². The zero-order chi connectivity index (χ0) is 9.47. The molecule has 3 heteroatoms. The van der Waals surface area contributed by atoms with Crippen molar-refractivity contribution in [3.05, 3.63) is 0 Å². The Bertz CT molecular complexity index is 239. The fraction of sp³-hybridized carbons (Fsp3) is 0.800. The summed E-state index contributed by atoms with van der Waals surface area (Å²) in [5, 5.41) is 9.11. The second-order valence-electron chi connectivity index (χ2n) is 4.43. The molecule has 2 bridgehead atoms. The highest BCUT2D eigenvalue weighted by Crippen LogP contribution is 2.52. The minimum Gasteiger partial charge on any atom is -0.481 e. The number of carbonyl (C=O) groups is 2. The van der Waals surface area contributed by atoms with Crippen LogP contribution in [0.4, 0.5) is 0 Å². The number of hydrogen-bond donors (Lipinski definition) is 1. The molecule has 72 valence electrons. The Morgan fingerprint density at radius 1 is 1.38 bits per heavy atom. The van der Waals surface area contributed by atoms with Crippen molar-refractivity contribution in [3.63, 3.8) is 0 Å². The molecule has 0 amide bonds. The van der Waals surface area contributed by atoms with Gasteiger partial charge in [0.1, 0.15) is 6.29 Å². The molecule has 0 heterocycles. The Labute approximate surface area is 77.1 Å². The molecule has 0 spiro atoms. The summed E-state index contributed by atoms with van der Waals surface area (Å²) in [6, 6.07) is 0. The summed E-state index contributed by atoms with van der Waals surface area (Å²) in [5.41, 5.74) is -0.555. The van der Waals surface area contributed by atoms with Crippen molar-refractivity contribution in [2.45, 2.75) is 32.1 Å². The first-order valence-electron chi connectivity index (χ1n) is 4.87. The van der Waals surface area contributed by atoms with E-state index in [9.17, 15) is 9.59 Å². The van der Waals surface area contributed by atoms with Gasteiger partial charge in [0.2, 0.25) is 0 Å². The molecule has 0 aromatic carbocycles. The van der Waals surface area contributed by atoms with Gasteiger partial charge in [-0.25, -0.2) is 0 Å². The zero-order valence-corrected chi connectivity index (χ0v) is 7.53. The number of carbonyl (C=O) groups excluding carboxylic acids is 1. The highest BCUT2D eigenvalue weighted by molar-refractivity contribution is 5.76. The van der Waals surface area contributed by atoms with Gasteiger partial charge in [-0.2, -0.15) is 0 Å². The summed E-state index contributed by atoms with van der Waals surface area (Å²) in [7, 11) is 0. The van der Waals surface area contributed by atoms with Crippen LogP contribution >= 0.6 is 0 Å². The highest BCUT2D eigenvalue weighted by atomic mass is 16.4. The van der Waals surface area contributed by atoms with E-state index in [1.807, 2.05) is 0 Å². The van der Waals surface area contributed by atoms with E-state index in [1.54, 1.807) is 0 Å². The molecule has 0 saturated heterocycles. The first-order valence-corrected chi connectivity index (χ1v) is 4.87. The summed E-state index contributed by atoms with van der Waals surface area (Å²) in [4.78, 5) is 21.8. The van der Waals surface area contributed by atoms with Crippen molar-refractivity contribution < 1.29 is 14.7 Å². The van der Waals surface area contributed by atoms with Crippen molar-refractivity contribution in [1.29, 1.82) is 0 Å². The quantitative estimate of drug-likeness (QED) is 0.658. The average Bonchev–Trinajstić information content (AvgIpc) is 2.19. The Balaban J connectivity index is 2.22. The molecule has 3 aliphatic carbocycles. The third-order valence-electron chi connectivity index (χ3n) is 3.85. The topological polar surface area (TPSA) is 54.4 Å². The lowest BCUT2D eigenvalue weighted by Crippen LogP contribution is -2.45. The second kappa shape index (κ2) is 2.82. The number of fused-ring (bicyclic) bond motifs is 3. The summed E-state index contributed by atoms with van der Waals surface area (Å²) in [6.07, 6.45) is 4.94. The van der Waals surface area contributed by atoms with Crippen molar-refractivity contribution in [1.82, 2.24) is 0 Å². The summed E-state index contributed by atoms with van der Waals surface area (Å²) in [5.74, 6) is -0.213. The Hall–Kier alpha value is -0.860. The van der Waals surface area contributed by atoms with Crippen LogP contribution in [0.3, 0.4) is 0 Å². The monoisotopic (exact) mass is 182 g/mol. The molecule has 0 aromatic rings. The number of hydrogen-bond acceptors (Lipinski definition) is 2. The standard InChI is InChI=1S/C10H14O3/c11-6-8-5-10(9(12)13)3-1-7(8)2-4-10/h6-8H,1-5H2,(H,12,13). The molecule has 3 saturated carbocycles. The maximum atomic E-state index is 11.1. The van der Waals surface area contributed by atoms with Gasteiger partial charge in [0.05, 0.1) is 5.41 Å². The highest BCUT2D eigenvalue weighted by Gasteiger charge is 2.50. The minimum absolute atomic E-state index is 0.0126. The Morgan fingerprint density at radius 3 is 2.46 bits per heavy atom. The predicted molar refractivity (Wildman–Crippen MR) is 46.2 cm³/mol. The first kappa shape index (κ1) is 8.73. The van der Waals surface area contributed by atoms with Gasteiger partial charge in [-0.1, -0.05) is 0 Å². The van der Waals surface area contributed by atoms with E-state index in [2.05, 4.69) is 0 Å². The average molecular weight is 182 g/mol. The van der Waals surface area contributed by atoms with E-state index >= 15 is 0 Å². The SMILES string of the molecule is O=CC1CC2(C(=O)O)CCC1CC2. The Morgan fingerprint density at radius 2 is 2.00 bits per heavy atom. The van der Waals surface area contributed by atoms with Crippen LogP contribution in [0, 0.1) is 17.3 Å². The van der Waals surface area contributed by atoms with E-state index < -0.39 is 11.4 Å². The van der Waals surface area contributed by atoms with Crippen LogP contribution in [0.15, 0.2) is 0 Å². The molecule has 3 fully saturated rings. The van der Waals surface area contributed by atoms with Gasteiger partial charge in [0.15, 0.2) is 0 Å². The lowest BCUT2D eigenvalue weighted by atomic mass is 9.56. The zero-order valence-electron chi connectivity index (χ0n) is 7.53. The lowest BCUT2D eigenvalue weighted by Gasteiger charge is -2.46. The fourth-order valence-electron chi connectivity index (χ4n) is 2.90. The smallest absolute Gasteiger partial charge is 0.309 e. The van der Waals surface area contributed by atoms with Crippen LogP contribution in [0.2, 0.25) is 0 Å². The number of aliphatic carboxylic acids is 1. The van der Waals surface area contributed by atoms with Gasteiger partial charge in [0, 0.05) is 5.92 Å². The molecule has 0 aromatic heterocycles. The van der Waals surface area contributed by atoms with Gasteiger partial charge >= 0.3 is 5.97 Å². The molecule has 0 radical (unpaired) electrons. The minimum atomic E-state index is -0.697. The van der Waals surface area contributed by atoms with E-state index in [4.69, 9.17) is 5.11 Å². The normalized spacial score (nSPS) is 43.1. The fourth-order valence-corrected chi connectivity index (χ4v) is 2.90. The van der Waals surface area contributed by atoms with Crippen molar-refractivity contribution >= 4 is 12.3 Å². The van der Waals surface area contributed by atoms with Crippen molar-refractivity contribution in [2.75, 3.05) is 0 Å².